The number of amides is 1. The van der Waals surface area contributed by atoms with Gasteiger partial charge in [-0.2, -0.15) is 4.31 Å². The molecule has 27 heavy (non-hydrogen) atoms. The maximum absolute atomic E-state index is 12.8. The van der Waals surface area contributed by atoms with Crippen LogP contribution in [0, 0.1) is 6.92 Å². The number of carbonyl (C=O) groups is 1. The van der Waals surface area contributed by atoms with Crippen LogP contribution in [0.1, 0.15) is 47.2 Å². The summed E-state index contributed by atoms with van der Waals surface area (Å²) in [6, 6.07) is 14.1. The lowest BCUT2D eigenvalue weighted by Crippen LogP contribution is -2.32. The lowest BCUT2D eigenvalue weighted by Gasteiger charge is -2.20. The van der Waals surface area contributed by atoms with Crippen LogP contribution in [0.2, 0.25) is 0 Å². The Bertz CT molecular complexity index is 884. The van der Waals surface area contributed by atoms with Gasteiger partial charge in [0.1, 0.15) is 0 Å². The number of hydrogen-bond donors (Lipinski definition) is 1. The first-order valence-corrected chi connectivity index (χ1v) is 10.9. The average Bonchev–Trinajstić information content (AvgIpc) is 2.97. The van der Waals surface area contributed by atoms with Crippen LogP contribution in [0.3, 0.4) is 0 Å². The highest BCUT2D eigenvalue weighted by molar-refractivity contribution is 7.89. The van der Waals surface area contributed by atoms with Gasteiger partial charge in [0.15, 0.2) is 0 Å². The lowest BCUT2D eigenvalue weighted by molar-refractivity contribution is 0.0950. The van der Waals surface area contributed by atoms with E-state index in [1.54, 1.807) is 16.4 Å². The molecule has 1 aliphatic rings. The van der Waals surface area contributed by atoms with Gasteiger partial charge in [0.25, 0.3) is 5.91 Å². The summed E-state index contributed by atoms with van der Waals surface area (Å²) in [5.74, 6) is -0.211. The predicted molar refractivity (Wildman–Crippen MR) is 106 cm³/mol. The Kier molecular flexibility index (Phi) is 6.29. The van der Waals surface area contributed by atoms with Crippen LogP contribution < -0.4 is 5.32 Å². The summed E-state index contributed by atoms with van der Waals surface area (Å²) in [4.78, 5) is 12.6. The van der Waals surface area contributed by atoms with Crippen molar-refractivity contribution < 1.29 is 13.2 Å². The number of benzene rings is 2. The van der Waals surface area contributed by atoms with Crippen LogP contribution in [-0.4, -0.2) is 31.7 Å². The van der Waals surface area contributed by atoms with E-state index in [1.165, 1.54) is 12.1 Å². The van der Waals surface area contributed by atoms with E-state index in [-0.39, 0.29) is 10.8 Å². The van der Waals surface area contributed by atoms with Gasteiger partial charge in [0.2, 0.25) is 10.0 Å². The molecule has 1 aliphatic heterocycles. The molecule has 5 nitrogen and oxygen atoms in total. The molecule has 0 saturated carbocycles. The van der Waals surface area contributed by atoms with E-state index in [9.17, 15) is 13.2 Å². The summed E-state index contributed by atoms with van der Waals surface area (Å²) >= 11 is 0. The Hall–Kier alpha value is -2.18. The molecule has 6 heteroatoms. The first-order valence-electron chi connectivity index (χ1n) is 9.41. The van der Waals surface area contributed by atoms with Gasteiger partial charge in [0.05, 0.1) is 4.90 Å². The summed E-state index contributed by atoms with van der Waals surface area (Å²) in [5, 5.41) is 2.89. The van der Waals surface area contributed by atoms with Crippen LogP contribution in [-0.2, 0) is 16.6 Å². The molecule has 0 atom stereocenters. The van der Waals surface area contributed by atoms with E-state index in [4.69, 9.17) is 0 Å². The second-order valence-corrected chi connectivity index (χ2v) is 8.89. The van der Waals surface area contributed by atoms with Crippen molar-refractivity contribution in [3.05, 3.63) is 65.2 Å². The van der Waals surface area contributed by atoms with E-state index in [1.807, 2.05) is 31.2 Å². The van der Waals surface area contributed by atoms with Crippen molar-refractivity contribution in [1.29, 1.82) is 0 Å². The zero-order valence-electron chi connectivity index (χ0n) is 15.6. The van der Waals surface area contributed by atoms with Gasteiger partial charge < -0.3 is 5.32 Å². The highest BCUT2D eigenvalue weighted by Gasteiger charge is 2.25. The van der Waals surface area contributed by atoms with Crippen molar-refractivity contribution in [1.82, 2.24) is 9.62 Å². The molecule has 0 spiro atoms. The summed E-state index contributed by atoms with van der Waals surface area (Å²) in [7, 11) is -3.49. The van der Waals surface area contributed by atoms with E-state index in [2.05, 4.69) is 5.32 Å². The number of hydrogen-bond acceptors (Lipinski definition) is 3. The smallest absolute Gasteiger partial charge is 0.251 e. The van der Waals surface area contributed by atoms with Gasteiger partial charge in [-0.1, -0.05) is 37.1 Å². The van der Waals surface area contributed by atoms with Crippen molar-refractivity contribution in [3.63, 3.8) is 0 Å². The zero-order chi connectivity index (χ0) is 19.3. The van der Waals surface area contributed by atoms with Crippen LogP contribution >= 0.6 is 0 Å². The van der Waals surface area contributed by atoms with Crippen molar-refractivity contribution in [2.24, 2.45) is 0 Å². The van der Waals surface area contributed by atoms with Gasteiger partial charge in [-0.3, -0.25) is 4.79 Å². The lowest BCUT2D eigenvalue weighted by atomic mass is 10.1. The monoisotopic (exact) mass is 386 g/mol. The van der Waals surface area contributed by atoms with Gasteiger partial charge in [-0.15, -0.1) is 0 Å². The number of aryl methyl sites for hydroxylation is 1. The first kappa shape index (κ1) is 19.6. The molecule has 2 aromatic carbocycles. The van der Waals surface area contributed by atoms with E-state index < -0.39 is 10.0 Å². The fourth-order valence-electron chi connectivity index (χ4n) is 3.30. The van der Waals surface area contributed by atoms with E-state index in [0.29, 0.717) is 25.2 Å². The van der Waals surface area contributed by atoms with Crippen molar-refractivity contribution in [2.75, 3.05) is 13.1 Å². The van der Waals surface area contributed by atoms with Gasteiger partial charge in [-0.05, 0) is 55.2 Å². The Morgan fingerprint density at radius 2 is 1.59 bits per heavy atom. The molecule has 1 amide bonds. The Morgan fingerprint density at radius 3 is 2.22 bits per heavy atom. The second-order valence-electron chi connectivity index (χ2n) is 6.95. The molecule has 1 heterocycles. The molecule has 0 aromatic heterocycles. The highest BCUT2D eigenvalue weighted by atomic mass is 32.2. The Labute approximate surface area is 161 Å². The molecular formula is C21H26N2O3S. The minimum absolute atomic E-state index is 0.211. The van der Waals surface area contributed by atoms with Gasteiger partial charge in [-0.25, -0.2) is 8.42 Å². The maximum Gasteiger partial charge on any atom is 0.251 e. The van der Waals surface area contributed by atoms with E-state index >= 15 is 0 Å². The molecule has 2 aromatic rings. The molecule has 0 aliphatic carbocycles. The highest BCUT2D eigenvalue weighted by Crippen LogP contribution is 2.20. The number of nitrogens with zero attached hydrogens (tertiary/aromatic N) is 1. The second kappa shape index (κ2) is 8.67. The summed E-state index contributed by atoms with van der Waals surface area (Å²) in [6.07, 6.45) is 3.95. The van der Waals surface area contributed by atoms with Crippen LogP contribution in [0.15, 0.2) is 53.4 Å². The fourth-order valence-corrected chi connectivity index (χ4v) is 4.81. The van der Waals surface area contributed by atoms with Gasteiger partial charge in [0, 0.05) is 25.2 Å². The average molecular weight is 387 g/mol. The predicted octanol–water partition coefficient (Wildman–Crippen LogP) is 3.49. The third kappa shape index (κ3) is 4.76. The maximum atomic E-state index is 12.8. The molecule has 1 fully saturated rings. The fraction of sp³-hybridized carbons (Fsp3) is 0.381. The Balaban J connectivity index is 1.67. The van der Waals surface area contributed by atoms with Crippen LogP contribution in [0.4, 0.5) is 0 Å². The van der Waals surface area contributed by atoms with Crippen LogP contribution in [0.5, 0.6) is 0 Å². The molecule has 0 unspecified atom stereocenters. The summed E-state index contributed by atoms with van der Waals surface area (Å²) < 4.78 is 27.2. The third-order valence-corrected chi connectivity index (χ3v) is 6.93. The quantitative estimate of drug-likeness (QED) is 0.855. The third-order valence-electron chi connectivity index (χ3n) is 5.02. The summed E-state index contributed by atoms with van der Waals surface area (Å²) in [5.41, 5.74) is 2.64. The zero-order valence-corrected chi connectivity index (χ0v) is 16.5. The standard InChI is InChI=1S/C21H26N2O3S/c1-17-8-4-5-9-19(17)16-22-21(24)18-10-12-20(13-11-18)27(25,26)23-14-6-2-3-7-15-23/h4-5,8-13H,2-3,6-7,14-16H2,1H3,(H,22,24). The largest absolute Gasteiger partial charge is 0.348 e. The minimum atomic E-state index is -3.49. The van der Waals surface area contributed by atoms with E-state index in [0.717, 1.165) is 36.8 Å². The van der Waals surface area contributed by atoms with Crippen molar-refractivity contribution in [3.8, 4) is 0 Å². The topological polar surface area (TPSA) is 66.5 Å². The first-order chi connectivity index (χ1) is 13.0. The number of rotatable bonds is 5. The molecule has 0 bridgehead atoms. The molecule has 144 valence electrons. The molecule has 3 rings (SSSR count). The molecule has 0 radical (unpaired) electrons. The molecule has 1 N–H and O–H groups in total. The SMILES string of the molecule is Cc1ccccc1CNC(=O)c1ccc(S(=O)(=O)N2CCCCCC2)cc1. The minimum Gasteiger partial charge on any atom is -0.348 e. The van der Waals surface area contributed by atoms with Crippen molar-refractivity contribution in [2.45, 2.75) is 44.0 Å². The van der Waals surface area contributed by atoms with Crippen LogP contribution in [0.25, 0.3) is 0 Å². The Morgan fingerprint density at radius 1 is 0.963 bits per heavy atom. The number of carbonyl (C=O) groups excluding carboxylic acids is 1. The normalized spacial score (nSPS) is 15.9. The van der Waals surface area contributed by atoms with Gasteiger partial charge >= 0.3 is 0 Å². The molecule has 1 saturated heterocycles. The number of nitrogens with one attached hydrogen (secondary N) is 1. The molecular weight excluding hydrogens is 360 g/mol. The summed E-state index contributed by atoms with van der Waals surface area (Å²) in [6.45, 7) is 3.59. The van der Waals surface area contributed by atoms with Crippen molar-refractivity contribution >= 4 is 15.9 Å². The number of sulfonamides is 1.